The molecule has 0 saturated heterocycles. The molecule has 1 atom stereocenters. The number of ether oxygens (including phenoxy) is 1. The zero-order valence-electron chi connectivity index (χ0n) is 10.2. The number of carbonyl (C=O) groups excluding carboxylic acids is 1. The van der Waals surface area contributed by atoms with Crippen LogP contribution in [0.1, 0.15) is 34.6 Å². The Hall–Kier alpha value is -1.31. The van der Waals surface area contributed by atoms with E-state index in [9.17, 15) is 4.79 Å². The van der Waals surface area contributed by atoms with Crippen molar-refractivity contribution in [3.63, 3.8) is 0 Å². The second-order valence-corrected chi connectivity index (χ2v) is 2.92. The summed E-state index contributed by atoms with van der Waals surface area (Å²) in [6.45, 7) is 9.69. The highest BCUT2D eigenvalue weighted by molar-refractivity contribution is 5.95. The molecule has 2 heteroatoms. The fourth-order valence-corrected chi connectivity index (χ4v) is 1.36. The van der Waals surface area contributed by atoms with Crippen molar-refractivity contribution in [2.75, 3.05) is 0 Å². The molecule has 15 heavy (non-hydrogen) atoms. The molecule has 0 N–H and O–H groups in total. The highest BCUT2D eigenvalue weighted by Crippen LogP contribution is 2.24. The molecule has 0 fully saturated rings. The SMILES string of the molecule is C/C=C\C1=C(/C=C\C)C(C)OC1=O.CC. The van der Waals surface area contributed by atoms with Crippen LogP contribution in [0.2, 0.25) is 0 Å². The van der Waals surface area contributed by atoms with Crippen LogP contribution >= 0.6 is 0 Å². The van der Waals surface area contributed by atoms with E-state index in [-0.39, 0.29) is 12.1 Å². The minimum Gasteiger partial charge on any atom is -0.454 e. The number of rotatable bonds is 2. The second kappa shape index (κ2) is 7.04. The minimum absolute atomic E-state index is 0.116. The smallest absolute Gasteiger partial charge is 0.339 e. The summed E-state index contributed by atoms with van der Waals surface area (Å²) in [7, 11) is 0. The Morgan fingerprint density at radius 2 is 1.67 bits per heavy atom. The summed E-state index contributed by atoms with van der Waals surface area (Å²) in [6, 6.07) is 0. The van der Waals surface area contributed by atoms with Crippen LogP contribution < -0.4 is 0 Å². The summed E-state index contributed by atoms with van der Waals surface area (Å²) in [6.07, 6.45) is 7.36. The molecule has 0 aromatic rings. The van der Waals surface area contributed by atoms with Crippen LogP contribution in [0, 0.1) is 0 Å². The van der Waals surface area contributed by atoms with Gasteiger partial charge in [0.1, 0.15) is 6.10 Å². The van der Waals surface area contributed by atoms with Crippen molar-refractivity contribution in [2.45, 2.75) is 40.7 Å². The first kappa shape index (κ1) is 13.7. The second-order valence-electron chi connectivity index (χ2n) is 2.92. The van der Waals surface area contributed by atoms with E-state index in [0.29, 0.717) is 5.57 Å². The van der Waals surface area contributed by atoms with Gasteiger partial charge < -0.3 is 4.74 Å². The maximum Gasteiger partial charge on any atom is 0.339 e. The van der Waals surface area contributed by atoms with Crippen LogP contribution in [0.4, 0.5) is 0 Å². The van der Waals surface area contributed by atoms with Crippen molar-refractivity contribution in [3.8, 4) is 0 Å². The molecule has 1 aliphatic heterocycles. The largest absolute Gasteiger partial charge is 0.454 e. The van der Waals surface area contributed by atoms with Crippen LogP contribution in [-0.2, 0) is 9.53 Å². The van der Waals surface area contributed by atoms with E-state index in [4.69, 9.17) is 4.74 Å². The van der Waals surface area contributed by atoms with Crippen molar-refractivity contribution < 1.29 is 9.53 Å². The molecule has 1 rings (SSSR count). The van der Waals surface area contributed by atoms with Gasteiger partial charge in [-0.05, 0) is 20.8 Å². The third-order valence-electron chi connectivity index (χ3n) is 1.93. The van der Waals surface area contributed by atoms with E-state index >= 15 is 0 Å². The van der Waals surface area contributed by atoms with E-state index in [1.807, 2.05) is 52.8 Å². The average Bonchev–Trinajstić information content (AvgIpc) is 2.49. The standard InChI is InChI=1S/C11H14O2.C2H6/c1-4-6-9-8(3)13-11(12)10(9)7-5-2;1-2/h4-8H,1-3H3;1-2H3/b6-4-,7-5-;. The van der Waals surface area contributed by atoms with Crippen molar-refractivity contribution in [2.24, 2.45) is 0 Å². The molecule has 0 amide bonds. The van der Waals surface area contributed by atoms with Gasteiger partial charge in [0.25, 0.3) is 0 Å². The maximum absolute atomic E-state index is 11.3. The molecule has 0 spiro atoms. The van der Waals surface area contributed by atoms with Crippen LogP contribution in [0.3, 0.4) is 0 Å². The number of cyclic esters (lactones) is 1. The van der Waals surface area contributed by atoms with Crippen molar-refractivity contribution in [1.82, 2.24) is 0 Å². The van der Waals surface area contributed by atoms with Gasteiger partial charge in [0, 0.05) is 5.57 Å². The molecule has 1 heterocycles. The molecule has 84 valence electrons. The molecule has 0 saturated carbocycles. The fraction of sp³-hybridized carbons (Fsp3) is 0.462. The summed E-state index contributed by atoms with van der Waals surface area (Å²) < 4.78 is 5.08. The van der Waals surface area contributed by atoms with Gasteiger partial charge in [0.15, 0.2) is 0 Å². The van der Waals surface area contributed by atoms with Crippen molar-refractivity contribution in [3.05, 3.63) is 35.5 Å². The number of hydrogen-bond donors (Lipinski definition) is 0. The number of allylic oxidation sites excluding steroid dienone is 2. The van der Waals surface area contributed by atoms with E-state index in [1.165, 1.54) is 0 Å². The Bertz CT molecular complexity index is 296. The van der Waals surface area contributed by atoms with Gasteiger partial charge in [-0.3, -0.25) is 0 Å². The van der Waals surface area contributed by atoms with Gasteiger partial charge in [0.2, 0.25) is 0 Å². The molecule has 0 radical (unpaired) electrons. The van der Waals surface area contributed by atoms with Crippen molar-refractivity contribution >= 4 is 5.97 Å². The normalized spacial score (nSPS) is 20.9. The molecular weight excluding hydrogens is 188 g/mol. The predicted octanol–water partition coefficient (Wildman–Crippen LogP) is 3.41. The monoisotopic (exact) mass is 208 g/mol. The van der Waals surface area contributed by atoms with Crippen LogP contribution in [-0.4, -0.2) is 12.1 Å². The number of carbonyl (C=O) groups is 1. The quantitative estimate of drug-likeness (QED) is 0.650. The van der Waals surface area contributed by atoms with Gasteiger partial charge in [-0.15, -0.1) is 0 Å². The predicted molar refractivity (Wildman–Crippen MR) is 63.6 cm³/mol. The topological polar surface area (TPSA) is 26.3 Å². The van der Waals surface area contributed by atoms with Crippen LogP contribution in [0.5, 0.6) is 0 Å². The molecular formula is C13H20O2. The number of hydrogen-bond acceptors (Lipinski definition) is 2. The molecule has 0 aromatic carbocycles. The molecule has 1 aliphatic rings. The summed E-state index contributed by atoms with van der Waals surface area (Å²) in [5, 5.41) is 0. The summed E-state index contributed by atoms with van der Waals surface area (Å²) in [4.78, 5) is 11.3. The van der Waals surface area contributed by atoms with Gasteiger partial charge in [0.05, 0.1) is 5.57 Å². The molecule has 0 aromatic heterocycles. The van der Waals surface area contributed by atoms with Gasteiger partial charge in [-0.2, -0.15) is 0 Å². The highest BCUT2D eigenvalue weighted by atomic mass is 16.5. The maximum atomic E-state index is 11.3. The minimum atomic E-state index is -0.223. The number of esters is 1. The van der Waals surface area contributed by atoms with Crippen LogP contribution in [0.25, 0.3) is 0 Å². The third kappa shape index (κ3) is 3.39. The van der Waals surface area contributed by atoms with Crippen LogP contribution in [0.15, 0.2) is 35.5 Å². The Balaban J connectivity index is 0.000000921. The first-order valence-electron chi connectivity index (χ1n) is 5.41. The van der Waals surface area contributed by atoms with E-state index in [0.717, 1.165) is 5.57 Å². The lowest BCUT2D eigenvalue weighted by Gasteiger charge is -2.02. The Morgan fingerprint density at radius 3 is 2.13 bits per heavy atom. The lowest BCUT2D eigenvalue weighted by atomic mass is 10.1. The molecule has 0 aliphatic carbocycles. The molecule has 1 unspecified atom stereocenters. The van der Waals surface area contributed by atoms with Crippen molar-refractivity contribution in [1.29, 1.82) is 0 Å². The molecule has 2 nitrogen and oxygen atoms in total. The first-order valence-corrected chi connectivity index (χ1v) is 5.41. The first-order chi connectivity index (χ1) is 7.20. The zero-order chi connectivity index (χ0) is 11.8. The summed E-state index contributed by atoms with van der Waals surface area (Å²) >= 11 is 0. The van der Waals surface area contributed by atoms with Gasteiger partial charge in [-0.25, -0.2) is 4.79 Å². The highest BCUT2D eigenvalue weighted by Gasteiger charge is 2.27. The third-order valence-corrected chi connectivity index (χ3v) is 1.93. The lowest BCUT2D eigenvalue weighted by Crippen LogP contribution is -2.04. The van der Waals surface area contributed by atoms with Gasteiger partial charge in [-0.1, -0.05) is 38.2 Å². The Kier molecular flexibility index (Phi) is 6.43. The van der Waals surface area contributed by atoms with Gasteiger partial charge >= 0.3 is 5.97 Å². The fourth-order valence-electron chi connectivity index (χ4n) is 1.36. The Morgan fingerprint density at radius 1 is 1.13 bits per heavy atom. The average molecular weight is 208 g/mol. The molecule has 0 bridgehead atoms. The van der Waals surface area contributed by atoms with E-state index in [2.05, 4.69) is 0 Å². The van der Waals surface area contributed by atoms with E-state index in [1.54, 1.807) is 6.08 Å². The Labute approximate surface area is 92.3 Å². The summed E-state index contributed by atoms with van der Waals surface area (Å²) in [5.41, 5.74) is 1.64. The summed E-state index contributed by atoms with van der Waals surface area (Å²) in [5.74, 6) is -0.223. The van der Waals surface area contributed by atoms with E-state index < -0.39 is 0 Å². The zero-order valence-corrected chi connectivity index (χ0v) is 10.2. The lowest BCUT2D eigenvalue weighted by molar-refractivity contribution is -0.138.